The molecule has 6 aromatic rings. The Kier molecular flexibility index (Phi) is 6.21. The van der Waals surface area contributed by atoms with E-state index in [1.54, 1.807) is 30.1 Å². The molecular weight excluding hydrogens is 539 g/mol. The molecule has 0 aliphatic heterocycles. The number of aryl methyl sites for hydroxylation is 1. The number of aromatic amines is 1. The minimum absolute atomic E-state index is 0.0440. The number of pyridine rings is 1. The second-order valence-electron chi connectivity index (χ2n) is 10.9. The van der Waals surface area contributed by atoms with Crippen LogP contribution in [0, 0.1) is 5.82 Å². The first-order chi connectivity index (χ1) is 20.0. The van der Waals surface area contributed by atoms with Crippen LogP contribution in [0.3, 0.4) is 0 Å². The monoisotopic (exact) mass is 566 g/mol. The van der Waals surface area contributed by atoms with Crippen molar-refractivity contribution in [3.8, 4) is 16.8 Å². The van der Waals surface area contributed by atoms with Crippen molar-refractivity contribution in [2.24, 2.45) is 7.05 Å². The van der Waals surface area contributed by atoms with Crippen molar-refractivity contribution in [2.75, 3.05) is 16.4 Å². The maximum atomic E-state index is 14.9. The third-order valence-corrected chi connectivity index (χ3v) is 6.88. The second-order valence-corrected chi connectivity index (χ2v) is 10.9. The number of fused-ring (bicyclic) bond motifs is 2. The highest BCUT2D eigenvalue weighted by Gasteiger charge is 2.22. The van der Waals surface area contributed by atoms with E-state index in [-0.39, 0.29) is 28.2 Å². The molecule has 42 heavy (non-hydrogen) atoms. The Bertz CT molecular complexity index is 2070. The molecule has 4 heterocycles. The summed E-state index contributed by atoms with van der Waals surface area (Å²) in [5, 5.41) is 18.5. The number of anilines is 3. The fourth-order valence-electron chi connectivity index (χ4n) is 4.62. The van der Waals surface area contributed by atoms with Crippen LogP contribution in [-0.4, -0.2) is 40.5 Å². The van der Waals surface area contributed by atoms with Gasteiger partial charge in [-0.2, -0.15) is 15.2 Å². The van der Waals surface area contributed by atoms with Gasteiger partial charge < -0.3 is 11.1 Å². The Morgan fingerprint density at radius 1 is 1.02 bits per heavy atom. The molecule has 0 bridgehead atoms. The molecule has 2 amide bonds. The van der Waals surface area contributed by atoms with Crippen molar-refractivity contribution in [3.05, 3.63) is 82.8 Å². The van der Waals surface area contributed by atoms with E-state index in [1.807, 2.05) is 39.0 Å². The second kappa shape index (κ2) is 9.80. The molecule has 0 unspecified atom stereocenters. The van der Waals surface area contributed by atoms with Crippen LogP contribution in [0.1, 0.15) is 26.5 Å². The van der Waals surface area contributed by atoms with Crippen LogP contribution < -0.4 is 21.9 Å². The van der Waals surface area contributed by atoms with Crippen LogP contribution in [0.25, 0.3) is 38.8 Å². The molecule has 0 fully saturated rings. The molecule has 12 nitrogen and oxygen atoms in total. The average Bonchev–Trinajstić information content (AvgIpc) is 3.59. The maximum Gasteiger partial charge on any atom is 0.324 e. The fraction of sp³-hybridized carbons (Fsp3) is 0.172. The number of carbonyl (C=O) groups is 1. The molecule has 4 aromatic heterocycles. The van der Waals surface area contributed by atoms with E-state index in [2.05, 4.69) is 30.8 Å². The molecule has 212 valence electrons. The molecule has 0 atom stereocenters. The fourth-order valence-corrected chi connectivity index (χ4v) is 4.62. The summed E-state index contributed by atoms with van der Waals surface area (Å²) in [6.45, 7) is 6.05. The Labute approximate surface area is 238 Å². The van der Waals surface area contributed by atoms with Crippen molar-refractivity contribution in [2.45, 2.75) is 26.2 Å². The number of H-pyrrole nitrogens is 1. The highest BCUT2D eigenvalue weighted by atomic mass is 19.1. The molecule has 6 rings (SSSR count). The Balaban J connectivity index is 1.32. The van der Waals surface area contributed by atoms with E-state index in [9.17, 15) is 14.0 Å². The van der Waals surface area contributed by atoms with E-state index in [0.29, 0.717) is 28.1 Å². The number of carbonyl (C=O) groups excluding carboxylic acids is 1. The quantitative estimate of drug-likeness (QED) is 0.240. The van der Waals surface area contributed by atoms with Gasteiger partial charge in [-0.3, -0.25) is 19.8 Å². The number of hydrogen-bond acceptors (Lipinski definition) is 7. The predicted molar refractivity (Wildman–Crippen MR) is 159 cm³/mol. The van der Waals surface area contributed by atoms with E-state index in [0.717, 1.165) is 16.6 Å². The number of nitrogens with zero attached hydrogens (tertiary/aromatic N) is 6. The normalized spacial score (nSPS) is 11.7. The van der Waals surface area contributed by atoms with Gasteiger partial charge in [-0.15, -0.1) is 0 Å². The van der Waals surface area contributed by atoms with Gasteiger partial charge in [0.05, 0.1) is 28.8 Å². The number of hydrogen-bond donors (Lipinski definition) is 4. The minimum Gasteiger partial charge on any atom is -0.368 e. The van der Waals surface area contributed by atoms with Gasteiger partial charge in [0.2, 0.25) is 5.95 Å². The molecule has 13 heteroatoms. The van der Waals surface area contributed by atoms with Gasteiger partial charge in [0.25, 0.3) is 5.56 Å². The summed E-state index contributed by atoms with van der Waals surface area (Å²) in [5.74, 6) is -0.237. The van der Waals surface area contributed by atoms with Gasteiger partial charge in [0, 0.05) is 41.1 Å². The zero-order chi connectivity index (χ0) is 29.8. The van der Waals surface area contributed by atoms with Gasteiger partial charge in [-0.05, 0) is 42.0 Å². The Hall–Kier alpha value is -5.59. The largest absolute Gasteiger partial charge is 0.368 e. The third-order valence-electron chi connectivity index (χ3n) is 6.88. The summed E-state index contributed by atoms with van der Waals surface area (Å²) in [5.41, 5.74) is 8.27. The van der Waals surface area contributed by atoms with Crippen LogP contribution in [0.4, 0.5) is 26.6 Å². The molecule has 0 spiro atoms. The maximum absolute atomic E-state index is 14.9. The first-order valence-corrected chi connectivity index (χ1v) is 13.0. The lowest BCUT2D eigenvalue weighted by Gasteiger charge is -2.14. The van der Waals surface area contributed by atoms with Crippen LogP contribution in [-0.2, 0) is 12.5 Å². The summed E-state index contributed by atoms with van der Waals surface area (Å²) >= 11 is 0. The molecule has 0 radical (unpaired) electrons. The van der Waals surface area contributed by atoms with E-state index < -0.39 is 11.8 Å². The van der Waals surface area contributed by atoms with Crippen LogP contribution in [0.2, 0.25) is 0 Å². The molecule has 0 aliphatic carbocycles. The molecular formula is C29H27FN10O2. The van der Waals surface area contributed by atoms with E-state index >= 15 is 0 Å². The Morgan fingerprint density at radius 3 is 2.62 bits per heavy atom. The van der Waals surface area contributed by atoms with Gasteiger partial charge in [0.1, 0.15) is 17.3 Å². The van der Waals surface area contributed by atoms with Gasteiger partial charge >= 0.3 is 6.03 Å². The van der Waals surface area contributed by atoms with Crippen LogP contribution >= 0.6 is 0 Å². The summed E-state index contributed by atoms with van der Waals surface area (Å²) in [6.07, 6.45) is 3.21. The van der Waals surface area contributed by atoms with Crippen molar-refractivity contribution in [1.29, 1.82) is 0 Å². The summed E-state index contributed by atoms with van der Waals surface area (Å²) in [4.78, 5) is 34.4. The number of urea groups is 1. The molecule has 0 saturated carbocycles. The summed E-state index contributed by atoms with van der Waals surface area (Å²) in [6, 6.07) is 12.4. The van der Waals surface area contributed by atoms with E-state index in [1.165, 1.54) is 29.0 Å². The number of amides is 2. The molecule has 0 saturated heterocycles. The highest BCUT2D eigenvalue weighted by Crippen LogP contribution is 2.29. The standard InChI is InChI=1S/C29H27FN10O2/c1-29(2,3)23-12-24(40(38-23)18-6-8-21-16(9-18)14-33-37-21)35-28(42)34-22-11-15(5-7-20(22)30)19-10-17-13-32-27(31)36-25(17)39(4)26(19)41/h5-14H,1-4H3,(H,33,37)(H2,31,32,36)(H2,34,35,42). The zero-order valence-electron chi connectivity index (χ0n) is 23.2. The SMILES string of the molecule is Cn1c(=O)c(-c2ccc(F)c(NC(=O)Nc3cc(C(C)(C)C)nn3-c3ccc4[nH]ncc4c3)c2)cc2cnc(N)nc21. The predicted octanol–water partition coefficient (Wildman–Crippen LogP) is 4.72. The molecule has 0 aliphatic rings. The lowest BCUT2D eigenvalue weighted by molar-refractivity contribution is 0.262. The number of nitrogens with one attached hydrogen (secondary N) is 3. The van der Waals surface area contributed by atoms with Gasteiger partial charge in [0.15, 0.2) is 0 Å². The third kappa shape index (κ3) is 4.80. The lowest BCUT2D eigenvalue weighted by atomic mass is 9.92. The minimum atomic E-state index is -0.688. The highest BCUT2D eigenvalue weighted by molar-refractivity contribution is 6.00. The number of nitrogen functional groups attached to an aromatic ring is 1. The van der Waals surface area contributed by atoms with Crippen molar-refractivity contribution in [1.82, 2.24) is 34.5 Å². The summed E-state index contributed by atoms with van der Waals surface area (Å²) < 4.78 is 17.9. The molecule has 2 aromatic carbocycles. The number of rotatable bonds is 4. The smallest absolute Gasteiger partial charge is 0.324 e. The van der Waals surface area contributed by atoms with E-state index in [4.69, 9.17) is 10.8 Å². The van der Waals surface area contributed by atoms with Crippen LogP contribution in [0.5, 0.6) is 0 Å². The number of benzene rings is 2. The van der Waals surface area contributed by atoms with Crippen molar-refractivity contribution in [3.63, 3.8) is 0 Å². The topological polar surface area (TPSA) is 161 Å². The zero-order valence-corrected chi connectivity index (χ0v) is 23.2. The van der Waals surface area contributed by atoms with Crippen molar-refractivity contribution >= 4 is 45.4 Å². The first-order valence-electron chi connectivity index (χ1n) is 13.0. The van der Waals surface area contributed by atoms with Gasteiger partial charge in [-0.25, -0.2) is 18.9 Å². The summed E-state index contributed by atoms with van der Waals surface area (Å²) in [7, 11) is 1.57. The molecule has 5 N–H and O–H groups in total. The first kappa shape index (κ1) is 26.6. The van der Waals surface area contributed by atoms with Crippen molar-refractivity contribution < 1.29 is 9.18 Å². The lowest BCUT2D eigenvalue weighted by Crippen LogP contribution is -2.22. The van der Waals surface area contributed by atoms with Crippen LogP contribution in [0.15, 0.2) is 65.7 Å². The number of nitrogens with two attached hydrogens (primary N) is 1. The number of aromatic nitrogens is 7. The van der Waals surface area contributed by atoms with Gasteiger partial charge in [-0.1, -0.05) is 26.8 Å². The Morgan fingerprint density at radius 2 is 1.83 bits per heavy atom. The average molecular weight is 567 g/mol. The number of halogens is 1.